The minimum Gasteiger partial charge on any atom is -0.478 e. The summed E-state index contributed by atoms with van der Waals surface area (Å²) < 4.78 is 0. The van der Waals surface area contributed by atoms with E-state index in [1.54, 1.807) is 18.2 Å². The molecule has 0 radical (unpaired) electrons. The average Bonchev–Trinajstić information content (AvgIpc) is 2.35. The fraction of sp³-hybridized carbons (Fsp3) is 0.0769. The molecule has 0 fully saturated rings. The van der Waals surface area contributed by atoms with Gasteiger partial charge in [-0.15, -0.1) is 0 Å². The van der Waals surface area contributed by atoms with Crippen molar-refractivity contribution in [3.05, 3.63) is 58.4 Å². The van der Waals surface area contributed by atoms with Gasteiger partial charge in [0.05, 0.1) is 10.9 Å². The maximum atomic E-state index is 10.9. The Hall–Kier alpha value is -2.36. The molecule has 2 heterocycles. The number of nitrogens with zero attached hydrogens (tertiary/aromatic N) is 2. The first kappa shape index (κ1) is 9.84. The van der Waals surface area contributed by atoms with Crippen molar-refractivity contribution in [1.82, 2.24) is 4.90 Å². The van der Waals surface area contributed by atoms with E-state index in [-0.39, 0.29) is 5.56 Å². The van der Waals surface area contributed by atoms with E-state index in [2.05, 4.69) is 4.99 Å². The molecule has 0 bridgehead atoms. The van der Waals surface area contributed by atoms with Gasteiger partial charge in [-0.2, -0.15) is 0 Å². The van der Waals surface area contributed by atoms with E-state index in [1.807, 2.05) is 29.3 Å². The van der Waals surface area contributed by atoms with Crippen molar-refractivity contribution in [3.8, 4) is 0 Å². The number of carboxylic acid groups (broad SMARTS) is 1. The van der Waals surface area contributed by atoms with Gasteiger partial charge in [0, 0.05) is 18.0 Å². The fourth-order valence-electron chi connectivity index (χ4n) is 1.92. The van der Waals surface area contributed by atoms with Crippen molar-refractivity contribution >= 4 is 12.2 Å². The molecule has 0 atom stereocenters. The van der Waals surface area contributed by atoms with Crippen LogP contribution in [0.15, 0.2) is 47.2 Å². The van der Waals surface area contributed by atoms with Crippen LogP contribution in [0, 0.1) is 0 Å². The lowest BCUT2D eigenvalue weighted by Crippen LogP contribution is -2.36. The first-order chi connectivity index (χ1) is 8.24. The molecule has 1 N–H and O–H groups in total. The summed E-state index contributed by atoms with van der Waals surface area (Å²) in [5, 5.41) is 10.6. The van der Waals surface area contributed by atoms with Crippen molar-refractivity contribution in [3.63, 3.8) is 0 Å². The zero-order chi connectivity index (χ0) is 11.8. The van der Waals surface area contributed by atoms with E-state index in [0.29, 0.717) is 0 Å². The van der Waals surface area contributed by atoms with Crippen LogP contribution in [-0.4, -0.2) is 22.5 Å². The van der Waals surface area contributed by atoms with Crippen molar-refractivity contribution in [1.29, 1.82) is 0 Å². The maximum Gasteiger partial charge on any atom is 0.335 e. The molecule has 0 aliphatic carbocycles. The third-order valence-electron chi connectivity index (χ3n) is 2.78. The lowest BCUT2D eigenvalue weighted by atomic mass is 10.1. The van der Waals surface area contributed by atoms with Crippen LogP contribution in [0.2, 0.25) is 0 Å². The Bertz CT molecular complexity index is 671. The normalized spacial score (nSPS) is 16.2. The Morgan fingerprint density at radius 3 is 3.12 bits per heavy atom. The average molecular weight is 226 g/mol. The lowest BCUT2D eigenvalue weighted by molar-refractivity contribution is 0.0696. The number of hydrogen-bond acceptors (Lipinski definition) is 3. The predicted molar refractivity (Wildman–Crippen MR) is 62.6 cm³/mol. The minimum absolute atomic E-state index is 0.287. The number of fused-ring (bicyclic) bond motifs is 2. The molecule has 0 unspecified atom stereocenters. The number of rotatable bonds is 1. The highest BCUT2D eigenvalue weighted by Gasteiger charge is 2.12. The third-order valence-corrected chi connectivity index (χ3v) is 2.78. The first-order valence-electron chi connectivity index (χ1n) is 5.31. The van der Waals surface area contributed by atoms with Gasteiger partial charge in [-0.1, -0.05) is 12.2 Å². The number of carbonyl (C=O) groups is 1. The van der Waals surface area contributed by atoms with Gasteiger partial charge in [-0.05, 0) is 24.3 Å². The molecule has 0 spiro atoms. The Morgan fingerprint density at radius 2 is 2.29 bits per heavy atom. The second kappa shape index (κ2) is 3.59. The number of benzene rings is 1. The lowest BCUT2D eigenvalue weighted by Gasteiger charge is -2.23. The van der Waals surface area contributed by atoms with E-state index < -0.39 is 5.97 Å². The summed E-state index contributed by atoms with van der Waals surface area (Å²) >= 11 is 0. The second-order valence-corrected chi connectivity index (χ2v) is 3.93. The molecule has 4 heteroatoms. The Morgan fingerprint density at radius 1 is 1.41 bits per heavy atom. The van der Waals surface area contributed by atoms with Gasteiger partial charge in [-0.3, -0.25) is 0 Å². The molecule has 1 aromatic rings. The van der Waals surface area contributed by atoms with Crippen LogP contribution in [0.1, 0.15) is 10.4 Å². The molecule has 84 valence electrons. The standard InChI is InChI=1S/C13H10N2O2/c16-13(17)9-4-5-11-10(7-9)8-15-6-2-1-3-12(15)14-11/h1-5,7-8H,6H2,(H,16,17). The van der Waals surface area contributed by atoms with Crippen molar-refractivity contribution in [2.45, 2.75) is 0 Å². The van der Waals surface area contributed by atoms with Crippen molar-refractivity contribution in [2.24, 2.45) is 4.99 Å². The van der Waals surface area contributed by atoms with Crippen LogP contribution in [0.25, 0.3) is 6.20 Å². The Labute approximate surface area is 97.5 Å². The number of carboxylic acids is 1. The summed E-state index contributed by atoms with van der Waals surface area (Å²) in [7, 11) is 0. The Kier molecular flexibility index (Phi) is 2.08. The number of hydrogen-bond donors (Lipinski definition) is 1. The smallest absolute Gasteiger partial charge is 0.335 e. The first-order valence-corrected chi connectivity index (χ1v) is 5.31. The maximum absolute atomic E-state index is 10.9. The van der Waals surface area contributed by atoms with E-state index in [9.17, 15) is 4.79 Å². The largest absolute Gasteiger partial charge is 0.478 e. The van der Waals surface area contributed by atoms with E-state index >= 15 is 0 Å². The van der Waals surface area contributed by atoms with E-state index in [0.717, 1.165) is 22.9 Å². The van der Waals surface area contributed by atoms with Gasteiger partial charge in [0.2, 0.25) is 0 Å². The predicted octanol–water partition coefficient (Wildman–Crippen LogP) is 0.469. The van der Waals surface area contributed by atoms with Gasteiger partial charge in [0.1, 0.15) is 5.82 Å². The summed E-state index contributed by atoms with van der Waals surface area (Å²) in [5.74, 6) is -0.0239. The quantitative estimate of drug-likeness (QED) is 0.757. The second-order valence-electron chi connectivity index (χ2n) is 3.93. The van der Waals surface area contributed by atoms with Crippen LogP contribution in [0.3, 0.4) is 0 Å². The topological polar surface area (TPSA) is 52.9 Å². The molecular weight excluding hydrogens is 216 g/mol. The molecule has 0 aromatic heterocycles. The van der Waals surface area contributed by atoms with Gasteiger partial charge < -0.3 is 10.0 Å². The molecule has 0 saturated heterocycles. The SMILES string of the molecule is O=C(O)c1ccc2c(c1)=CN1CC=CC=C1N=2. The zero-order valence-corrected chi connectivity index (χ0v) is 9.00. The van der Waals surface area contributed by atoms with Gasteiger partial charge in [0.15, 0.2) is 0 Å². The van der Waals surface area contributed by atoms with Gasteiger partial charge in [0.25, 0.3) is 0 Å². The summed E-state index contributed by atoms with van der Waals surface area (Å²) in [4.78, 5) is 17.4. The summed E-state index contributed by atoms with van der Waals surface area (Å²) in [6.07, 6.45) is 7.87. The molecule has 17 heavy (non-hydrogen) atoms. The molecular formula is C13H10N2O2. The van der Waals surface area contributed by atoms with Crippen LogP contribution in [0.4, 0.5) is 0 Å². The van der Waals surface area contributed by atoms with Crippen molar-refractivity contribution in [2.75, 3.05) is 6.54 Å². The number of allylic oxidation sites excluding steroid dienone is 2. The molecule has 2 aliphatic heterocycles. The fourth-order valence-corrected chi connectivity index (χ4v) is 1.92. The molecule has 3 rings (SSSR count). The van der Waals surface area contributed by atoms with Gasteiger partial charge >= 0.3 is 5.97 Å². The van der Waals surface area contributed by atoms with Crippen LogP contribution in [0.5, 0.6) is 0 Å². The van der Waals surface area contributed by atoms with Crippen LogP contribution >= 0.6 is 0 Å². The highest BCUT2D eigenvalue weighted by atomic mass is 16.4. The van der Waals surface area contributed by atoms with E-state index in [1.165, 1.54) is 0 Å². The number of aromatic carboxylic acids is 1. The van der Waals surface area contributed by atoms with Gasteiger partial charge in [-0.25, -0.2) is 9.79 Å². The molecule has 1 aromatic carbocycles. The monoisotopic (exact) mass is 226 g/mol. The zero-order valence-electron chi connectivity index (χ0n) is 9.00. The van der Waals surface area contributed by atoms with Crippen molar-refractivity contribution < 1.29 is 9.90 Å². The molecule has 0 saturated carbocycles. The molecule has 4 nitrogen and oxygen atoms in total. The molecule has 2 aliphatic rings. The van der Waals surface area contributed by atoms with Crippen LogP contribution in [-0.2, 0) is 0 Å². The molecule has 0 amide bonds. The minimum atomic E-state index is -0.916. The summed E-state index contributed by atoms with van der Waals surface area (Å²) in [6, 6.07) is 4.97. The summed E-state index contributed by atoms with van der Waals surface area (Å²) in [5.41, 5.74) is 0.287. The van der Waals surface area contributed by atoms with Crippen LogP contribution < -0.4 is 10.6 Å². The highest BCUT2D eigenvalue weighted by molar-refractivity contribution is 5.87. The highest BCUT2D eigenvalue weighted by Crippen LogP contribution is 2.12. The van der Waals surface area contributed by atoms with E-state index in [4.69, 9.17) is 5.11 Å². The third kappa shape index (κ3) is 1.63. The Balaban J connectivity index is 2.21. The summed E-state index contributed by atoms with van der Waals surface area (Å²) in [6.45, 7) is 0.770.